The molecular weight excluding hydrogens is 459 g/mol. The molecule has 0 aliphatic heterocycles. The molecule has 9 heteroatoms. The average Bonchev–Trinajstić information content (AvgIpc) is 2.32. The quantitative estimate of drug-likeness (QED) is 0.338. The van der Waals surface area contributed by atoms with Gasteiger partial charge in [0, 0.05) is 50.5 Å². The van der Waals surface area contributed by atoms with Crippen LogP contribution in [-0.4, -0.2) is 43.6 Å². The summed E-state index contributed by atoms with van der Waals surface area (Å²) in [4.78, 5) is 40.1. The molecule has 0 rings (SSSR count). The van der Waals surface area contributed by atoms with E-state index in [0.717, 1.165) is 0 Å². The molecule has 0 aromatic rings. The molecule has 0 amide bonds. The van der Waals surface area contributed by atoms with Crippen molar-refractivity contribution in [2.45, 2.75) is 55.4 Å². The molecule has 0 aromatic heterocycles. The van der Waals surface area contributed by atoms with Gasteiger partial charge in [0.2, 0.25) is 0 Å². The molecule has 0 radical (unpaired) electrons. The van der Waals surface area contributed by atoms with Gasteiger partial charge in [0.15, 0.2) is 23.1 Å². The van der Waals surface area contributed by atoms with Crippen molar-refractivity contribution in [1.29, 1.82) is 0 Å². The summed E-state index contributed by atoms with van der Waals surface area (Å²) in [6, 6.07) is 0. The first-order valence-corrected chi connectivity index (χ1v) is 8.02. The Labute approximate surface area is 191 Å². The first-order chi connectivity index (χ1) is 12.5. The molecule has 0 spiro atoms. The van der Waals surface area contributed by atoms with Crippen molar-refractivity contribution in [1.82, 2.24) is 0 Å². The molecule has 0 aliphatic rings. The maximum atomic E-state index is 10.0. The fourth-order valence-corrected chi connectivity index (χ4v) is 1.18. The largest absolute Gasteiger partial charge is 0.512 e. The number of carbonyl (C=O) groups is 4. The van der Waals surface area contributed by atoms with Gasteiger partial charge in [-0.1, -0.05) is 0 Å². The van der Waals surface area contributed by atoms with E-state index in [9.17, 15) is 19.2 Å². The van der Waals surface area contributed by atoms with Gasteiger partial charge in [0.25, 0.3) is 0 Å². The van der Waals surface area contributed by atoms with Crippen molar-refractivity contribution < 1.29 is 65.8 Å². The zero-order chi connectivity index (χ0) is 23.4. The standard InChI is InChI=1S/4C5H8O2.Zr/c4*1-4(6)3-5(2)7;/h4*3,6H,1-2H3;/b3*4-3+;4-3-;. The van der Waals surface area contributed by atoms with Gasteiger partial charge in [-0.15, -0.1) is 0 Å². The second-order valence-corrected chi connectivity index (χ2v) is 5.59. The van der Waals surface area contributed by atoms with E-state index in [1.54, 1.807) is 0 Å². The molecule has 8 nitrogen and oxygen atoms in total. The number of allylic oxidation sites excluding steroid dienone is 8. The fourth-order valence-electron chi connectivity index (χ4n) is 1.18. The van der Waals surface area contributed by atoms with Gasteiger partial charge in [-0.2, -0.15) is 0 Å². The van der Waals surface area contributed by atoms with E-state index in [0.29, 0.717) is 0 Å². The third-order valence-electron chi connectivity index (χ3n) is 1.65. The monoisotopic (exact) mass is 490 g/mol. The molecule has 0 fully saturated rings. The van der Waals surface area contributed by atoms with E-state index in [4.69, 9.17) is 20.4 Å². The van der Waals surface area contributed by atoms with E-state index >= 15 is 0 Å². The van der Waals surface area contributed by atoms with E-state index < -0.39 is 0 Å². The molecule has 0 saturated heterocycles. The normalized spacial score (nSPS) is 11.0. The van der Waals surface area contributed by atoms with E-state index in [1.165, 1.54) is 79.7 Å². The van der Waals surface area contributed by atoms with Crippen LogP contribution < -0.4 is 0 Å². The Kier molecular flexibility index (Phi) is 30.7. The minimum absolute atomic E-state index is 0. The van der Waals surface area contributed by atoms with Gasteiger partial charge >= 0.3 is 0 Å². The third-order valence-corrected chi connectivity index (χ3v) is 1.65. The minimum Gasteiger partial charge on any atom is -0.512 e. The summed E-state index contributed by atoms with van der Waals surface area (Å²) in [5, 5.41) is 33.5. The summed E-state index contributed by atoms with van der Waals surface area (Å²) in [6.45, 7) is 11.4. The molecule has 0 atom stereocenters. The predicted molar refractivity (Wildman–Crippen MR) is 108 cm³/mol. The summed E-state index contributed by atoms with van der Waals surface area (Å²) in [5.74, 6) is -0.250. The average molecular weight is 492 g/mol. The molecule has 4 N–H and O–H groups in total. The second kappa shape index (κ2) is 23.8. The topological polar surface area (TPSA) is 149 Å². The molecule has 164 valence electrons. The van der Waals surface area contributed by atoms with E-state index in [-0.39, 0.29) is 72.4 Å². The SMILES string of the molecule is CC(=O)/C=C(/C)O.CC(=O)/C=C(\C)O.CC(=O)/C=C(\C)O.CC(=O)/C=C(\C)O.[Zr]. The van der Waals surface area contributed by atoms with Crippen molar-refractivity contribution >= 4 is 23.1 Å². The Hall–Kier alpha value is -2.28. The van der Waals surface area contributed by atoms with E-state index in [2.05, 4.69) is 0 Å². The van der Waals surface area contributed by atoms with Gasteiger partial charge < -0.3 is 20.4 Å². The number of ketones is 4. The van der Waals surface area contributed by atoms with Crippen LogP contribution in [0.3, 0.4) is 0 Å². The summed E-state index contributed by atoms with van der Waals surface area (Å²) in [6.07, 6.45) is 4.67. The summed E-state index contributed by atoms with van der Waals surface area (Å²) in [7, 11) is 0. The van der Waals surface area contributed by atoms with Crippen LogP contribution in [0.15, 0.2) is 47.3 Å². The van der Waals surface area contributed by atoms with Gasteiger partial charge in [-0.05, 0) is 55.4 Å². The van der Waals surface area contributed by atoms with Gasteiger partial charge in [0.1, 0.15) is 0 Å². The molecule has 0 aromatic carbocycles. The molecule has 0 bridgehead atoms. The van der Waals surface area contributed by atoms with Crippen molar-refractivity contribution in [2.24, 2.45) is 0 Å². The summed E-state index contributed by atoms with van der Waals surface area (Å²) < 4.78 is 0. The van der Waals surface area contributed by atoms with Crippen LogP contribution in [0.1, 0.15) is 55.4 Å². The van der Waals surface area contributed by atoms with Crippen molar-refractivity contribution in [2.75, 3.05) is 0 Å². The number of carbonyl (C=O) groups excluding carboxylic acids is 4. The number of hydrogen-bond acceptors (Lipinski definition) is 8. The number of aliphatic hydroxyl groups excluding tert-OH is 4. The van der Waals surface area contributed by atoms with Gasteiger partial charge in [-0.3, -0.25) is 19.2 Å². The summed E-state index contributed by atoms with van der Waals surface area (Å²) in [5.41, 5.74) is 0. The number of hydrogen-bond donors (Lipinski definition) is 4. The second-order valence-electron chi connectivity index (χ2n) is 5.59. The van der Waals surface area contributed by atoms with Crippen LogP contribution in [0, 0.1) is 0 Å². The third kappa shape index (κ3) is 76.9. The zero-order valence-electron chi connectivity index (χ0n) is 18.2. The Morgan fingerprint density at radius 1 is 0.414 bits per heavy atom. The van der Waals surface area contributed by atoms with Crippen LogP contribution in [0.4, 0.5) is 0 Å². The van der Waals surface area contributed by atoms with Crippen LogP contribution in [0.5, 0.6) is 0 Å². The van der Waals surface area contributed by atoms with Crippen LogP contribution >= 0.6 is 0 Å². The Morgan fingerprint density at radius 2 is 0.517 bits per heavy atom. The van der Waals surface area contributed by atoms with Gasteiger partial charge in [-0.25, -0.2) is 0 Å². The molecule has 0 unspecified atom stereocenters. The molecule has 29 heavy (non-hydrogen) atoms. The van der Waals surface area contributed by atoms with E-state index in [1.807, 2.05) is 0 Å². The zero-order valence-corrected chi connectivity index (χ0v) is 20.7. The van der Waals surface area contributed by atoms with Crippen molar-refractivity contribution in [3.05, 3.63) is 47.3 Å². The molecule has 0 saturated carbocycles. The first-order valence-electron chi connectivity index (χ1n) is 8.02. The van der Waals surface area contributed by atoms with Gasteiger partial charge in [0.05, 0.1) is 23.0 Å². The fraction of sp³-hybridized carbons (Fsp3) is 0.400. The predicted octanol–water partition coefficient (Wildman–Crippen LogP) is 4.15. The smallest absolute Gasteiger partial charge is 0.155 e. The van der Waals surface area contributed by atoms with Crippen LogP contribution in [0.2, 0.25) is 0 Å². The minimum atomic E-state index is -0.125. The molecule has 0 heterocycles. The van der Waals surface area contributed by atoms with Crippen LogP contribution in [0.25, 0.3) is 0 Å². The number of rotatable bonds is 4. The molecule has 0 aliphatic carbocycles. The maximum Gasteiger partial charge on any atom is 0.155 e. The Balaban J connectivity index is -0.0000000873. The Morgan fingerprint density at radius 3 is 0.517 bits per heavy atom. The maximum absolute atomic E-state index is 10.0. The summed E-state index contributed by atoms with van der Waals surface area (Å²) >= 11 is 0. The Bertz CT molecular complexity index is 513. The van der Waals surface area contributed by atoms with Crippen molar-refractivity contribution in [3.8, 4) is 0 Å². The van der Waals surface area contributed by atoms with Crippen LogP contribution in [-0.2, 0) is 45.4 Å². The first kappa shape index (κ1) is 37.5. The molecular formula is C20H32O8Zr. The van der Waals surface area contributed by atoms with Crippen molar-refractivity contribution in [3.63, 3.8) is 0 Å². The number of aliphatic hydroxyl groups is 4.